The number of ether oxygens (including phenoxy) is 1. The van der Waals surface area contributed by atoms with Crippen molar-refractivity contribution < 1.29 is 24.2 Å². The topological polar surface area (TPSA) is 95.9 Å². The number of carboxylic acid groups (broad SMARTS) is 1. The predicted octanol–water partition coefficient (Wildman–Crippen LogP) is 1.48. The van der Waals surface area contributed by atoms with E-state index in [0.29, 0.717) is 31.7 Å². The second kappa shape index (κ2) is 7.62. The third kappa shape index (κ3) is 4.45. The van der Waals surface area contributed by atoms with E-state index in [9.17, 15) is 14.4 Å². The number of carbonyl (C=O) groups is 3. The summed E-state index contributed by atoms with van der Waals surface area (Å²) in [6, 6.07) is 6.52. The van der Waals surface area contributed by atoms with Crippen molar-refractivity contribution in [3.05, 3.63) is 35.4 Å². The minimum absolute atomic E-state index is 0.239. The van der Waals surface area contributed by atoms with Gasteiger partial charge >= 0.3 is 18.0 Å². The Morgan fingerprint density at radius 2 is 2.00 bits per heavy atom. The summed E-state index contributed by atoms with van der Waals surface area (Å²) in [5.74, 6) is -1.72. The molecule has 1 aliphatic rings. The summed E-state index contributed by atoms with van der Waals surface area (Å²) in [7, 11) is 0. The Morgan fingerprint density at radius 1 is 1.30 bits per heavy atom. The van der Waals surface area contributed by atoms with Crippen LogP contribution in [0.1, 0.15) is 29.3 Å². The van der Waals surface area contributed by atoms with Gasteiger partial charge in [0.15, 0.2) is 0 Å². The number of carbonyl (C=O) groups excluding carboxylic acids is 2. The lowest BCUT2D eigenvalue weighted by atomic mass is 10.1. The predicted molar refractivity (Wildman–Crippen MR) is 82.0 cm³/mol. The molecular weight excluding hydrogens is 300 g/mol. The lowest BCUT2D eigenvalue weighted by molar-refractivity contribution is -0.141. The Hall–Kier alpha value is -2.57. The quantitative estimate of drug-likeness (QED) is 0.801. The van der Waals surface area contributed by atoms with Crippen LogP contribution in [-0.2, 0) is 16.1 Å². The molecule has 1 aliphatic heterocycles. The van der Waals surface area contributed by atoms with Crippen molar-refractivity contribution in [1.82, 2.24) is 10.2 Å². The van der Waals surface area contributed by atoms with Gasteiger partial charge in [-0.2, -0.15) is 0 Å². The first-order valence-electron chi connectivity index (χ1n) is 7.53. The number of rotatable bonds is 5. The van der Waals surface area contributed by atoms with Gasteiger partial charge < -0.3 is 20.1 Å². The van der Waals surface area contributed by atoms with Gasteiger partial charge in [0, 0.05) is 19.6 Å². The molecule has 7 nitrogen and oxygen atoms in total. The van der Waals surface area contributed by atoms with Crippen molar-refractivity contribution in [1.29, 1.82) is 0 Å². The van der Waals surface area contributed by atoms with Gasteiger partial charge in [-0.15, -0.1) is 0 Å². The van der Waals surface area contributed by atoms with Crippen LogP contribution in [0.4, 0.5) is 4.79 Å². The number of hydrogen-bond acceptors (Lipinski definition) is 4. The van der Waals surface area contributed by atoms with Gasteiger partial charge in [-0.25, -0.2) is 9.59 Å². The van der Waals surface area contributed by atoms with Crippen LogP contribution in [0.15, 0.2) is 24.3 Å². The molecule has 1 fully saturated rings. The smallest absolute Gasteiger partial charge is 0.338 e. The van der Waals surface area contributed by atoms with Crippen molar-refractivity contribution in [3.63, 3.8) is 0 Å². The first-order valence-corrected chi connectivity index (χ1v) is 7.53. The molecule has 124 valence electrons. The number of nitrogens with one attached hydrogen (secondary N) is 1. The maximum atomic E-state index is 12.0. The minimum atomic E-state index is -0.866. The molecule has 1 aromatic rings. The number of urea groups is 1. The lowest BCUT2D eigenvalue weighted by Gasteiger charge is -2.16. The standard InChI is InChI=1S/C16H20N2O5/c1-2-23-15(21)12-5-3-11(4-6-12)9-17-16(22)18-8-7-13(10-18)14(19)20/h3-6,13H,2,7-10H2,1H3,(H,17,22)(H,19,20). The summed E-state index contributed by atoms with van der Waals surface area (Å²) in [6.45, 7) is 3.07. The molecule has 1 heterocycles. The van der Waals surface area contributed by atoms with Crippen LogP contribution >= 0.6 is 0 Å². The van der Waals surface area contributed by atoms with E-state index < -0.39 is 11.9 Å². The highest BCUT2D eigenvalue weighted by atomic mass is 16.5. The van der Waals surface area contributed by atoms with Gasteiger partial charge in [-0.05, 0) is 31.0 Å². The Balaban J connectivity index is 1.83. The van der Waals surface area contributed by atoms with E-state index in [0.717, 1.165) is 5.56 Å². The summed E-state index contributed by atoms with van der Waals surface area (Å²) >= 11 is 0. The molecule has 0 aromatic heterocycles. The molecule has 2 rings (SSSR count). The number of aliphatic carboxylic acids is 1. The van der Waals surface area contributed by atoms with Crippen molar-refractivity contribution in [2.45, 2.75) is 19.9 Å². The Morgan fingerprint density at radius 3 is 2.57 bits per heavy atom. The summed E-state index contributed by atoms with van der Waals surface area (Å²) in [5, 5.41) is 11.7. The van der Waals surface area contributed by atoms with E-state index in [-0.39, 0.29) is 18.5 Å². The maximum Gasteiger partial charge on any atom is 0.338 e. The second-order valence-electron chi connectivity index (χ2n) is 5.35. The number of nitrogens with zero attached hydrogens (tertiary/aromatic N) is 1. The van der Waals surface area contributed by atoms with Crippen molar-refractivity contribution >= 4 is 18.0 Å². The van der Waals surface area contributed by atoms with Crippen LogP contribution in [0.5, 0.6) is 0 Å². The molecular formula is C16H20N2O5. The third-order valence-electron chi connectivity index (χ3n) is 3.73. The number of hydrogen-bond donors (Lipinski definition) is 2. The Kier molecular flexibility index (Phi) is 5.56. The fraction of sp³-hybridized carbons (Fsp3) is 0.438. The van der Waals surface area contributed by atoms with Gasteiger partial charge in [-0.3, -0.25) is 4.79 Å². The van der Waals surface area contributed by atoms with Crippen molar-refractivity contribution in [2.24, 2.45) is 5.92 Å². The van der Waals surface area contributed by atoms with Crippen molar-refractivity contribution in [3.8, 4) is 0 Å². The summed E-state index contributed by atoms with van der Waals surface area (Å²) in [6.07, 6.45) is 0.483. The highest BCUT2D eigenvalue weighted by Gasteiger charge is 2.30. The van der Waals surface area contributed by atoms with E-state index in [1.165, 1.54) is 4.90 Å². The molecule has 1 aromatic carbocycles. The zero-order valence-electron chi connectivity index (χ0n) is 12.9. The zero-order valence-corrected chi connectivity index (χ0v) is 12.9. The highest BCUT2D eigenvalue weighted by Crippen LogP contribution is 2.16. The maximum absolute atomic E-state index is 12.0. The molecule has 0 aliphatic carbocycles. The number of amides is 2. The Bertz CT molecular complexity index is 585. The molecule has 2 amide bonds. The van der Waals surface area contributed by atoms with Crippen LogP contribution in [0.2, 0.25) is 0 Å². The van der Waals surface area contributed by atoms with Crippen LogP contribution in [-0.4, -0.2) is 47.7 Å². The van der Waals surface area contributed by atoms with Crippen molar-refractivity contribution in [2.75, 3.05) is 19.7 Å². The number of benzene rings is 1. The van der Waals surface area contributed by atoms with E-state index in [1.54, 1.807) is 31.2 Å². The van der Waals surface area contributed by atoms with Gasteiger partial charge in [0.05, 0.1) is 18.1 Å². The summed E-state index contributed by atoms with van der Waals surface area (Å²) in [4.78, 5) is 35.9. The molecule has 23 heavy (non-hydrogen) atoms. The normalized spacial score (nSPS) is 16.9. The third-order valence-corrected chi connectivity index (χ3v) is 3.73. The fourth-order valence-corrected chi connectivity index (χ4v) is 2.41. The largest absolute Gasteiger partial charge is 0.481 e. The van der Waals surface area contributed by atoms with E-state index >= 15 is 0 Å². The van der Waals surface area contributed by atoms with Gasteiger partial charge in [0.25, 0.3) is 0 Å². The summed E-state index contributed by atoms with van der Waals surface area (Å²) < 4.78 is 4.90. The van der Waals surface area contributed by atoms with Crippen LogP contribution in [0.25, 0.3) is 0 Å². The Labute approximate surface area is 134 Å². The molecule has 0 bridgehead atoms. The van der Waals surface area contributed by atoms with Gasteiger partial charge in [0.1, 0.15) is 0 Å². The number of esters is 1. The monoisotopic (exact) mass is 320 g/mol. The fourth-order valence-electron chi connectivity index (χ4n) is 2.41. The summed E-state index contributed by atoms with van der Waals surface area (Å²) in [5.41, 5.74) is 1.31. The van der Waals surface area contributed by atoms with E-state index in [4.69, 9.17) is 9.84 Å². The molecule has 1 saturated heterocycles. The molecule has 0 radical (unpaired) electrons. The molecule has 1 unspecified atom stereocenters. The first-order chi connectivity index (χ1) is 11.0. The van der Waals surface area contributed by atoms with Crippen LogP contribution in [0, 0.1) is 5.92 Å². The van der Waals surface area contributed by atoms with Gasteiger partial charge in [0.2, 0.25) is 0 Å². The van der Waals surface area contributed by atoms with Gasteiger partial charge in [-0.1, -0.05) is 12.1 Å². The van der Waals surface area contributed by atoms with Crippen LogP contribution < -0.4 is 5.32 Å². The average Bonchev–Trinajstić information content (AvgIpc) is 3.03. The average molecular weight is 320 g/mol. The first kappa shape index (κ1) is 16.8. The lowest BCUT2D eigenvalue weighted by Crippen LogP contribution is -2.38. The molecule has 7 heteroatoms. The molecule has 0 saturated carbocycles. The minimum Gasteiger partial charge on any atom is -0.481 e. The highest BCUT2D eigenvalue weighted by molar-refractivity contribution is 5.89. The molecule has 1 atom stereocenters. The number of carboxylic acids is 1. The second-order valence-corrected chi connectivity index (χ2v) is 5.35. The SMILES string of the molecule is CCOC(=O)c1ccc(CNC(=O)N2CCC(C(=O)O)C2)cc1. The van der Waals surface area contributed by atoms with E-state index in [1.807, 2.05) is 0 Å². The van der Waals surface area contributed by atoms with E-state index in [2.05, 4.69) is 5.32 Å². The number of likely N-dealkylation sites (tertiary alicyclic amines) is 1. The zero-order chi connectivity index (χ0) is 16.8. The molecule has 2 N–H and O–H groups in total. The van der Waals surface area contributed by atoms with Crippen LogP contribution in [0.3, 0.4) is 0 Å². The molecule has 0 spiro atoms.